The maximum absolute atomic E-state index is 13.6. The minimum Gasteiger partial charge on any atom is -0.454 e. The number of benzene rings is 2. The zero-order valence-corrected chi connectivity index (χ0v) is 12.6. The highest BCUT2D eigenvalue weighted by atomic mass is 79.9. The fourth-order valence-corrected chi connectivity index (χ4v) is 2.31. The molecule has 2 aromatic rings. The molecule has 0 bridgehead atoms. The minimum absolute atomic E-state index is 0.246. The van der Waals surface area contributed by atoms with Crippen molar-refractivity contribution < 1.29 is 18.6 Å². The molecule has 1 N–H and O–H groups in total. The van der Waals surface area contributed by atoms with E-state index in [1.807, 2.05) is 0 Å². The van der Waals surface area contributed by atoms with Gasteiger partial charge in [0.2, 0.25) is 5.82 Å². The third kappa shape index (κ3) is 3.32. The molecular weight excluding hydrogens is 386 g/mol. The SMILES string of the molecule is OCc1cc(Br)ccc1Oc1cc(Br)cc(F)c1F. The van der Waals surface area contributed by atoms with Crippen molar-refractivity contribution in [2.45, 2.75) is 6.61 Å². The van der Waals surface area contributed by atoms with E-state index in [0.29, 0.717) is 10.0 Å². The molecule has 0 aliphatic heterocycles. The fourth-order valence-electron chi connectivity index (χ4n) is 1.50. The number of hydrogen-bond acceptors (Lipinski definition) is 2. The molecule has 0 heterocycles. The first-order valence-electron chi connectivity index (χ1n) is 5.23. The Morgan fingerprint density at radius 1 is 1.00 bits per heavy atom. The molecule has 0 fully saturated rings. The summed E-state index contributed by atoms with van der Waals surface area (Å²) < 4.78 is 33.3. The van der Waals surface area contributed by atoms with E-state index in [-0.39, 0.29) is 18.1 Å². The molecule has 0 spiro atoms. The number of rotatable bonds is 3. The lowest BCUT2D eigenvalue weighted by molar-refractivity contribution is 0.275. The summed E-state index contributed by atoms with van der Waals surface area (Å²) in [4.78, 5) is 0. The maximum Gasteiger partial charge on any atom is 0.201 e. The van der Waals surface area contributed by atoms with Gasteiger partial charge in [-0.3, -0.25) is 0 Å². The van der Waals surface area contributed by atoms with E-state index in [9.17, 15) is 13.9 Å². The van der Waals surface area contributed by atoms with Crippen LogP contribution < -0.4 is 4.74 Å². The van der Waals surface area contributed by atoms with Gasteiger partial charge in [-0.1, -0.05) is 31.9 Å². The molecule has 0 unspecified atom stereocenters. The van der Waals surface area contributed by atoms with E-state index in [1.165, 1.54) is 6.07 Å². The van der Waals surface area contributed by atoms with Crippen molar-refractivity contribution in [2.75, 3.05) is 0 Å². The van der Waals surface area contributed by atoms with Gasteiger partial charge in [0, 0.05) is 14.5 Å². The average molecular weight is 394 g/mol. The number of halogens is 4. The lowest BCUT2D eigenvalue weighted by atomic mass is 10.2. The third-order valence-corrected chi connectivity index (χ3v) is 3.32. The summed E-state index contributed by atoms with van der Waals surface area (Å²) in [5.41, 5.74) is 0.467. The Kier molecular flexibility index (Phi) is 4.54. The smallest absolute Gasteiger partial charge is 0.201 e. The van der Waals surface area contributed by atoms with Gasteiger partial charge in [-0.2, -0.15) is 4.39 Å². The van der Waals surface area contributed by atoms with Crippen LogP contribution in [0.3, 0.4) is 0 Å². The van der Waals surface area contributed by atoms with Crippen molar-refractivity contribution in [2.24, 2.45) is 0 Å². The normalized spacial score (nSPS) is 10.6. The van der Waals surface area contributed by atoms with Crippen LogP contribution in [0.5, 0.6) is 11.5 Å². The van der Waals surface area contributed by atoms with Gasteiger partial charge in [0.15, 0.2) is 11.6 Å². The van der Waals surface area contributed by atoms with Gasteiger partial charge in [-0.15, -0.1) is 0 Å². The van der Waals surface area contributed by atoms with Crippen LogP contribution in [0, 0.1) is 11.6 Å². The quantitative estimate of drug-likeness (QED) is 0.760. The van der Waals surface area contributed by atoms with Crippen molar-refractivity contribution >= 4 is 31.9 Å². The molecule has 0 atom stereocenters. The number of ether oxygens (including phenoxy) is 1. The van der Waals surface area contributed by atoms with Crippen LogP contribution in [-0.4, -0.2) is 5.11 Å². The second-order valence-corrected chi connectivity index (χ2v) is 5.54. The van der Waals surface area contributed by atoms with Crippen molar-refractivity contribution in [3.63, 3.8) is 0 Å². The van der Waals surface area contributed by atoms with Gasteiger partial charge in [-0.05, 0) is 30.3 Å². The molecule has 2 aromatic carbocycles. The van der Waals surface area contributed by atoms with Gasteiger partial charge in [-0.25, -0.2) is 4.39 Å². The van der Waals surface area contributed by atoms with Gasteiger partial charge >= 0.3 is 0 Å². The lowest BCUT2D eigenvalue weighted by Gasteiger charge is -2.11. The van der Waals surface area contributed by atoms with Crippen LogP contribution in [0.2, 0.25) is 0 Å². The maximum atomic E-state index is 13.6. The van der Waals surface area contributed by atoms with Crippen LogP contribution >= 0.6 is 31.9 Å². The molecule has 2 nitrogen and oxygen atoms in total. The predicted octanol–water partition coefficient (Wildman–Crippen LogP) is 4.77. The number of aliphatic hydroxyl groups excluding tert-OH is 1. The first-order chi connectivity index (χ1) is 9.01. The Hall–Kier alpha value is -0.980. The summed E-state index contributed by atoms with van der Waals surface area (Å²) in [5.74, 6) is -2.06. The topological polar surface area (TPSA) is 29.5 Å². The van der Waals surface area contributed by atoms with Gasteiger partial charge in [0.05, 0.1) is 6.61 Å². The van der Waals surface area contributed by atoms with Gasteiger partial charge in [0.1, 0.15) is 5.75 Å². The van der Waals surface area contributed by atoms with Crippen LogP contribution in [0.15, 0.2) is 39.3 Å². The summed E-state index contributed by atoms with van der Waals surface area (Å²) in [7, 11) is 0. The molecule has 0 aliphatic rings. The molecule has 0 amide bonds. The monoisotopic (exact) mass is 392 g/mol. The van der Waals surface area contributed by atoms with E-state index in [0.717, 1.165) is 10.5 Å². The summed E-state index contributed by atoms with van der Waals surface area (Å²) in [5, 5.41) is 9.22. The molecule has 0 saturated heterocycles. The lowest BCUT2D eigenvalue weighted by Crippen LogP contribution is -1.96. The summed E-state index contributed by atoms with van der Waals surface area (Å²) in [6.45, 7) is -0.271. The second kappa shape index (κ2) is 5.98. The first-order valence-corrected chi connectivity index (χ1v) is 6.81. The molecule has 0 aliphatic carbocycles. The summed E-state index contributed by atoms with van der Waals surface area (Å²) in [6.07, 6.45) is 0. The molecule has 0 aromatic heterocycles. The Labute approximate surface area is 125 Å². The van der Waals surface area contributed by atoms with Crippen molar-refractivity contribution in [3.05, 3.63) is 56.5 Å². The largest absolute Gasteiger partial charge is 0.454 e. The molecule has 0 radical (unpaired) electrons. The van der Waals surface area contributed by atoms with Crippen LogP contribution in [0.25, 0.3) is 0 Å². The average Bonchev–Trinajstić information content (AvgIpc) is 2.37. The zero-order chi connectivity index (χ0) is 14.0. The van der Waals surface area contributed by atoms with Crippen LogP contribution in [0.1, 0.15) is 5.56 Å². The second-order valence-electron chi connectivity index (χ2n) is 3.71. The van der Waals surface area contributed by atoms with Crippen LogP contribution in [-0.2, 0) is 6.61 Å². The van der Waals surface area contributed by atoms with E-state index >= 15 is 0 Å². The highest BCUT2D eigenvalue weighted by Gasteiger charge is 2.14. The number of aliphatic hydroxyl groups is 1. The Morgan fingerprint density at radius 3 is 2.42 bits per heavy atom. The Bertz CT molecular complexity index is 618. The third-order valence-electron chi connectivity index (χ3n) is 2.37. The van der Waals surface area contributed by atoms with E-state index in [2.05, 4.69) is 31.9 Å². The highest BCUT2D eigenvalue weighted by Crippen LogP contribution is 2.32. The van der Waals surface area contributed by atoms with Gasteiger partial charge < -0.3 is 9.84 Å². The van der Waals surface area contributed by atoms with E-state index in [1.54, 1.807) is 18.2 Å². The van der Waals surface area contributed by atoms with E-state index in [4.69, 9.17) is 4.74 Å². The first kappa shape index (κ1) is 14.4. The molecular formula is C13H8Br2F2O2. The van der Waals surface area contributed by atoms with Crippen molar-refractivity contribution in [1.29, 1.82) is 0 Å². The molecule has 0 saturated carbocycles. The van der Waals surface area contributed by atoms with Gasteiger partial charge in [0.25, 0.3) is 0 Å². The highest BCUT2D eigenvalue weighted by molar-refractivity contribution is 9.10. The number of hydrogen-bond donors (Lipinski definition) is 1. The molecule has 2 rings (SSSR count). The molecule has 6 heteroatoms. The summed E-state index contributed by atoms with van der Waals surface area (Å²) in [6, 6.07) is 7.22. The molecule has 100 valence electrons. The predicted molar refractivity (Wildman–Crippen MR) is 74.2 cm³/mol. The van der Waals surface area contributed by atoms with E-state index < -0.39 is 11.6 Å². The Morgan fingerprint density at radius 2 is 1.74 bits per heavy atom. The molecule has 19 heavy (non-hydrogen) atoms. The Balaban J connectivity index is 2.41. The minimum atomic E-state index is -1.07. The zero-order valence-electron chi connectivity index (χ0n) is 9.46. The summed E-state index contributed by atoms with van der Waals surface area (Å²) >= 11 is 6.32. The van der Waals surface area contributed by atoms with Crippen molar-refractivity contribution in [1.82, 2.24) is 0 Å². The van der Waals surface area contributed by atoms with Crippen molar-refractivity contribution in [3.8, 4) is 11.5 Å². The standard InChI is InChI=1S/C13H8Br2F2O2/c14-8-1-2-11(7(3-8)6-18)19-12-5-9(15)4-10(16)13(12)17/h1-5,18H,6H2. The fraction of sp³-hybridized carbons (Fsp3) is 0.0769. The van der Waals surface area contributed by atoms with Crippen LogP contribution in [0.4, 0.5) is 8.78 Å².